The molecule has 0 bridgehead atoms. The van der Waals surface area contributed by atoms with Crippen LogP contribution in [-0.2, 0) is 6.18 Å². The maximum atomic E-state index is 12.5. The lowest BCUT2D eigenvalue weighted by molar-refractivity contribution is -0.390. The molecule has 1 aromatic carbocycles. The first-order chi connectivity index (χ1) is 9.82. The molecular weight excluding hydrogens is 289 g/mol. The first kappa shape index (κ1) is 14.8. The van der Waals surface area contributed by atoms with E-state index < -0.39 is 22.5 Å². The fraction of sp³-hybridized carbons (Fsp3) is 0.154. The third-order valence-corrected chi connectivity index (χ3v) is 2.74. The van der Waals surface area contributed by atoms with Crippen LogP contribution < -0.4 is 4.74 Å². The fourth-order valence-corrected chi connectivity index (χ4v) is 1.72. The predicted octanol–water partition coefficient (Wildman–Crippen LogP) is 3.68. The van der Waals surface area contributed by atoms with Crippen LogP contribution in [0.25, 0.3) is 11.3 Å². The van der Waals surface area contributed by atoms with Crippen molar-refractivity contribution in [3.05, 3.63) is 52.1 Å². The van der Waals surface area contributed by atoms with Gasteiger partial charge in [-0.2, -0.15) is 13.2 Å². The maximum Gasteiger partial charge on any atom is 0.416 e. The summed E-state index contributed by atoms with van der Waals surface area (Å²) in [6.45, 7) is 0. The van der Waals surface area contributed by atoms with Gasteiger partial charge in [0.1, 0.15) is 0 Å². The van der Waals surface area contributed by atoms with E-state index in [0.29, 0.717) is 5.56 Å². The molecule has 110 valence electrons. The van der Waals surface area contributed by atoms with Crippen LogP contribution in [0.4, 0.5) is 19.0 Å². The number of methoxy groups -OCH3 is 1. The quantitative estimate of drug-likeness (QED) is 0.640. The van der Waals surface area contributed by atoms with Crippen molar-refractivity contribution in [3.8, 4) is 17.0 Å². The van der Waals surface area contributed by atoms with E-state index in [-0.39, 0.29) is 11.4 Å². The highest BCUT2D eigenvalue weighted by Crippen LogP contribution is 2.32. The number of nitro groups is 1. The zero-order valence-corrected chi connectivity index (χ0v) is 10.7. The minimum absolute atomic E-state index is 0.0179. The largest absolute Gasteiger partial charge is 0.489 e. The summed E-state index contributed by atoms with van der Waals surface area (Å²) in [7, 11) is 1.27. The molecule has 0 amide bonds. The normalized spacial score (nSPS) is 11.2. The zero-order valence-electron chi connectivity index (χ0n) is 10.7. The third kappa shape index (κ3) is 3.10. The van der Waals surface area contributed by atoms with Crippen molar-refractivity contribution in [2.24, 2.45) is 0 Å². The number of hydrogen-bond acceptors (Lipinski definition) is 4. The van der Waals surface area contributed by atoms with Crippen LogP contribution in [0, 0.1) is 10.1 Å². The molecule has 0 atom stereocenters. The van der Waals surface area contributed by atoms with Gasteiger partial charge in [-0.15, -0.1) is 0 Å². The van der Waals surface area contributed by atoms with E-state index in [4.69, 9.17) is 4.74 Å². The topological polar surface area (TPSA) is 65.3 Å². The van der Waals surface area contributed by atoms with E-state index in [9.17, 15) is 23.3 Å². The van der Waals surface area contributed by atoms with Crippen LogP contribution in [-0.4, -0.2) is 17.0 Å². The van der Waals surface area contributed by atoms with Crippen LogP contribution in [0.5, 0.6) is 5.75 Å². The molecule has 0 spiro atoms. The van der Waals surface area contributed by atoms with Gasteiger partial charge in [-0.1, -0.05) is 0 Å². The molecule has 0 radical (unpaired) electrons. The van der Waals surface area contributed by atoms with Gasteiger partial charge in [-0.25, -0.2) is 0 Å². The molecule has 0 aliphatic rings. The Balaban J connectivity index is 2.43. The summed E-state index contributed by atoms with van der Waals surface area (Å²) in [5.41, 5.74) is -0.265. The molecule has 1 heterocycles. The molecule has 0 N–H and O–H groups in total. The molecule has 21 heavy (non-hydrogen) atoms. The highest BCUT2D eigenvalue weighted by Gasteiger charge is 2.30. The second-order valence-electron chi connectivity index (χ2n) is 4.05. The summed E-state index contributed by atoms with van der Waals surface area (Å²) < 4.78 is 42.2. The van der Waals surface area contributed by atoms with Crippen LogP contribution in [0.2, 0.25) is 0 Å². The monoisotopic (exact) mass is 298 g/mol. The van der Waals surface area contributed by atoms with Gasteiger partial charge in [0.25, 0.3) is 0 Å². The van der Waals surface area contributed by atoms with Gasteiger partial charge in [-0.3, -0.25) is 0 Å². The Labute approximate surface area is 117 Å². The van der Waals surface area contributed by atoms with Crippen LogP contribution in [0.1, 0.15) is 5.56 Å². The number of halogens is 3. The fourth-order valence-electron chi connectivity index (χ4n) is 1.72. The standard InChI is InChI=1S/C13H9F3N2O3/c1-21-11-7-6-10(17-12(11)18(19)20)8-2-4-9(5-3-8)13(14,15)16/h2-7H,1H3. The Morgan fingerprint density at radius 2 is 1.76 bits per heavy atom. The average molecular weight is 298 g/mol. The molecule has 2 rings (SSSR count). The van der Waals surface area contributed by atoms with E-state index in [1.165, 1.54) is 31.4 Å². The predicted molar refractivity (Wildman–Crippen MR) is 67.9 cm³/mol. The lowest BCUT2D eigenvalue weighted by atomic mass is 10.1. The van der Waals surface area contributed by atoms with E-state index >= 15 is 0 Å². The second kappa shape index (κ2) is 5.39. The number of benzene rings is 1. The highest BCUT2D eigenvalue weighted by atomic mass is 19.4. The van der Waals surface area contributed by atoms with E-state index in [2.05, 4.69) is 4.98 Å². The minimum atomic E-state index is -4.43. The van der Waals surface area contributed by atoms with Crippen molar-refractivity contribution >= 4 is 5.82 Å². The summed E-state index contributed by atoms with van der Waals surface area (Å²) in [5.74, 6) is -0.509. The number of alkyl halides is 3. The van der Waals surface area contributed by atoms with E-state index in [0.717, 1.165) is 12.1 Å². The van der Waals surface area contributed by atoms with Crippen molar-refractivity contribution in [2.45, 2.75) is 6.18 Å². The van der Waals surface area contributed by atoms with Crippen molar-refractivity contribution in [1.82, 2.24) is 4.98 Å². The molecule has 2 aromatic rings. The summed E-state index contributed by atoms with van der Waals surface area (Å²) in [4.78, 5) is 13.9. The molecule has 0 unspecified atom stereocenters. The van der Waals surface area contributed by atoms with Crippen molar-refractivity contribution in [2.75, 3.05) is 7.11 Å². The molecule has 0 saturated carbocycles. The molecule has 0 aliphatic heterocycles. The van der Waals surface area contributed by atoms with Crippen LogP contribution in [0.3, 0.4) is 0 Å². The lowest BCUT2D eigenvalue weighted by Crippen LogP contribution is -2.04. The van der Waals surface area contributed by atoms with Crippen molar-refractivity contribution < 1.29 is 22.8 Å². The smallest absolute Gasteiger partial charge is 0.416 e. The minimum Gasteiger partial charge on any atom is -0.489 e. The number of rotatable bonds is 3. The Morgan fingerprint density at radius 3 is 2.24 bits per heavy atom. The second-order valence-corrected chi connectivity index (χ2v) is 4.05. The molecule has 0 fully saturated rings. The van der Waals surface area contributed by atoms with Gasteiger partial charge in [0, 0.05) is 5.56 Å². The number of hydrogen-bond donors (Lipinski definition) is 0. The Kier molecular flexibility index (Phi) is 3.79. The van der Waals surface area contributed by atoms with E-state index in [1.807, 2.05) is 0 Å². The summed E-state index contributed by atoms with van der Waals surface area (Å²) in [6.07, 6.45) is -4.43. The van der Waals surface area contributed by atoms with Gasteiger partial charge >= 0.3 is 12.0 Å². The van der Waals surface area contributed by atoms with Gasteiger partial charge in [0.2, 0.25) is 5.75 Å². The van der Waals surface area contributed by atoms with Gasteiger partial charge in [-0.05, 0) is 46.3 Å². The van der Waals surface area contributed by atoms with Gasteiger partial charge in [0.05, 0.1) is 12.7 Å². The molecule has 0 saturated heterocycles. The van der Waals surface area contributed by atoms with Crippen molar-refractivity contribution in [3.63, 3.8) is 0 Å². The molecular formula is C13H9F3N2O3. The maximum absolute atomic E-state index is 12.5. The Bertz CT molecular complexity index is 669. The number of aromatic nitrogens is 1. The molecule has 0 aliphatic carbocycles. The zero-order chi connectivity index (χ0) is 15.6. The summed E-state index contributed by atoms with van der Waals surface area (Å²) in [5, 5.41) is 10.9. The lowest BCUT2D eigenvalue weighted by Gasteiger charge is -2.06. The average Bonchev–Trinajstić information content (AvgIpc) is 2.45. The SMILES string of the molecule is COc1ccc(-c2ccc(C(F)(F)F)cc2)nc1[N+](=O)[O-]. The first-order valence-electron chi connectivity index (χ1n) is 5.70. The highest BCUT2D eigenvalue weighted by molar-refractivity contribution is 5.62. The third-order valence-electron chi connectivity index (χ3n) is 2.74. The summed E-state index contributed by atoms with van der Waals surface area (Å²) >= 11 is 0. The van der Waals surface area contributed by atoms with Gasteiger partial charge in [0.15, 0.2) is 5.69 Å². The Hall–Kier alpha value is -2.64. The number of ether oxygens (including phenoxy) is 1. The summed E-state index contributed by atoms with van der Waals surface area (Å²) in [6, 6.07) is 7.00. The first-order valence-corrected chi connectivity index (χ1v) is 5.70. The molecule has 8 heteroatoms. The molecule has 5 nitrogen and oxygen atoms in total. The Morgan fingerprint density at radius 1 is 1.14 bits per heavy atom. The van der Waals surface area contributed by atoms with Crippen LogP contribution >= 0.6 is 0 Å². The van der Waals surface area contributed by atoms with Crippen molar-refractivity contribution in [1.29, 1.82) is 0 Å². The molecule has 1 aromatic heterocycles. The van der Waals surface area contributed by atoms with E-state index in [1.54, 1.807) is 0 Å². The number of pyridine rings is 1. The number of nitrogens with zero attached hydrogens (tertiary/aromatic N) is 2. The van der Waals surface area contributed by atoms with Crippen LogP contribution in [0.15, 0.2) is 36.4 Å². The van der Waals surface area contributed by atoms with Gasteiger partial charge < -0.3 is 14.9 Å².